The van der Waals surface area contributed by atoms with E-state index in [0.717, 1.165) is 37.1 Å². The average molecular weight is 929 g/mol. The van der Waals surface area contributed by atoms with E-state index in [1.807, 2.05) is 0 Å². The van der Waals surface area contributed by atoms with Crippen molar-refractivity contribution in [1.82, 2.24) is 0 Å². The van der Waals surface area contributed by atoms with Gasteiger partial charge >= 0.3 is 11.9 Å². The molecule has 16 atom stereocenters. The summed E-state index contributed by atoms with van der Waals surface area (Å²) in [7, 11) is 0. The fourth-order valence-electron chi connectivity index (χ4n) is 17.3. The fraction of sp³-hybridized carbons (Fsp3) is 0.840. The molecule has 12 N–H and O–H groups in total. The molecule has 0 aromatic carbocycles. The van der Waals surface area contributed by atoms with Gasteiger partial charge < -0.3 is 71.4 Å². The van der Waals surface area contributed by atoms with Gasteiger partial charge in [-0.05, 0) is 149 Å². The Hall–Kier alpha value is -2.96. The van der Waals surface area contributed by atoms with E-state index < -0.39 is 68.2 Å². The van der Waals surface area contributed by atoms with E-state index in [2.05, 4.69) is 25.3 Å². The molecular weight excluding hydrogens is 853 g/mol. The SMILES string of the molecule is C[C@]12CC[C@H]3[C@@H](CC[C@]4(O)C[C@@H](O)CC[C@]34C(=O)[O-])[C@@]1(O)CC[C@@H]2C1=CC(=O)OC1.C[C@]12CC[C@H]3[C@@H](CC[C@]4(O)C[C@@H](O)CC[C@]34C(=O)[O-])[C@@]1(O)CC[C@@H]2C1=CC(=O)OC1.[NH3+]CCCC[NH3+]. The number of esters is 2. The van der Waals surface area contributed by atoms with Crippen molar-refractivity contribution >= 4 is 23.9 Å². The molecule has 0 saturated heterocycles. The lowest BCUT2D eigenvalue weighted by molar-refractivity contribution is -0.384. The highest BCUT2D eigenvalue weighted by Crippen LogP contribution is 2.72. The van der Waals surface area contributed by atoms with Crippen molar-refractivity contribution in [3.8, 4) is 0 Å². The van der Waals surface area contributed by atoms with Gasteiger partial charge in [-0.1, -0.05) is 13.8 Å². The van der Waals surface area contributed by atoms with E-state index in [1.165, 1.54) is 12.8 Å². The number of fused-ring (bicyclic) bond motifs is 10. The van der Waals surface area contributed by atoms with Gasteiger partial charge in [-0.15, -0.1) is 0 Å². The van der Waals surface area contributed by atoms with Crippen LogP contribution in [0.1, 0.15) is 142 Å². The number of cyclic esters (lactones) is 2. The maximum absolute atomic E-state index is 12.6. The maximum atomic E-state index is 12.6. The average Bonchev–Trinajstić information content (AvgIpc) is 4.02. The van der Waals surface area contributed by atoms with Crippen LogP contribution in [0.15, 0.2) is 23.3 Å². The number of ether oxygens (including phenoxy) is 2. The molecule has 2 aliphatic heterocycles. The highest BCUT2D eigenvalue weighted by molar-refractivity contribution is 5.86. The predicted octanol–water partition coefficient (Wildman–Crippen LogP) is -0.851. The van der Waals surface area contributed by atoms with Crippen LogP contribution in [0, 0.1) is 57.2 Å². The molecule has 16 nitrogen and oxygen atoms in total. The summed E-state index contributed by atoms with van der Waals surface area (Å²) >= 11 is 0. The van der Waals surface area contributed by atoms with E-state index in [4.69, 9.17) is 9.47 Å². The fourth-order valence-corrected chi connectivity index (χ4v) is 17.3. The Bertz CT molecular complexity index is 1860. The molecule has 0 aromatic rings. The van der Waals surface area contributed by atoms with E-state index in [0.29, 0.717) is 64.2 Å². The number of carboxylic acid groups (broad SMARTS) is 2. The Morgan fingerprint density at radius 3 is 1.26 bits per heavy atom. The van der Waals surface area contributed by atoms with Crippen molar-refractivity contribution in [2.45, 2.75) is 177 Å². The second kappa shape index (κ2) is 17.5. The van der Waals surface area contributed by atoms with Crippen molar-refractivity contribution in [1.29, 1.82) is 0 Å². The van der Waals surface area contributed by atoms with Gasteiger partial charge in [0.1, 0.15) is 13.2 Å². The van der Waals surface area contributed by atoms with Gasteiger partial charge in [-0.2, -0.15) is 0 Å². The first-order chi connectivity index (χ1) is 31.1. The molecule has 0 aromatic heterocycles. The molecule has 2 heterocycles. The molecule has 0 radical (unpaired) electrons. The van der Waals surface area contributed by atoms with Crippen LogP contribution < -0.4 is 21.7 Å². The highest BCUT2D eigenvalue weighted by Gasteiger charge is 2.73. The number of unbranched alkanes of at least 4 members (excludes halogenated alkanes) is 1. The molecular formula is C50H76N2O14. The highest BCUT2D eigenvalue weighted by atomic mass is 16.5. The normalized spacial score (nSPS) is 48.7. The number of aliphatic carboxylic acids is 2. The van der Waals surface area contributed by atoms with Crippen LogP contribution in [0.2, 0.25) is 0 Å². The number of aliphatic hydroxyl groups excluding tert-OH is 2. The largest absolute Gasteiger partial charge is 0.549 e. The van der Waals surface area contributed by atoms with Gasteiger partial charge in [0.15, 0.2) is 0 Å². The van der Waals surface area contributed by atoms with Crippen molar-refractivity contribution in [2.75, 3.05) is 26.3 Å². The van der Waals surface area contributed by atoms with Gasteiger partial charge in [0.25, 0.3) is 0 Å². The smallest absolute Gasteiger partial charge is 0.331 e. The number of hydrogen-bond donors (Lipinski definition) is 8. The first kappa shape index (κ1) is 49.5. The minimum atomic E-state index is -1.50. The Morgan fingerprint density at radius 1 is 0.576 bits per heavy atom. The van der Waals surface area contributed by atoms with Crippen LogP contribution in [-0.2, 0) is 28.7 Å². The monoisotopic (exact) mass is 929 g/mol. The standard InChI is InChI=1S/2C23H32O7.C4H12N2/c2*1-20-6-3-16-17(23(20,29)9-5-15(20)13-10-18(25)30-12-13)4-7-21(28)11-14(24)2-8-22(16,21)19(26)27;5-3-1-2-4-6/h2*10,14-17,24,28-29H,2-9,11-12H2,1H3,(H,26,27);1-6H2/t2*14-,15+,16-,17+,20+,21-,22+,23-;/m00./s1. The Labute approximate surface area is 387 Å². The molecule has 66 heavy (non-hydrogen) atoms. The van der Waals surface area contributed by atoms with Crippen LogP contribution in [0.3, 0.4) is 0 Å². The molecule has 0 amide bonds. The van der Waals surface area contributed by atoms with Gasteiger partial charge in [0.2, 0.25) is 0 Å². The first-order valence-corrected chi connectivity index (χ1v) is 25.1. The van der Waals surface area contributed by atoms with Gasteiger partial charge in [-0.3, -0.25) is 0 Å². The summed E-state index contributed by atoms with van der Waals surface area (Å²) in [5, 5.41) is 92.5. The third-order valence-electron chi connectivity index (χ3n) is 20.6. The molecule has 0 unspecified atom stereocenters. The number of carbonyl (C=O) groups is 4. The Balaban J connectivity index is 0.000000160. The number of quaternary nitrogens is 2. The summed E-state index contributed by atoms with van der Waals surface area (Å²) in [5.41, 5.74) is 0.324. The number of carboxylic acids is 2. The van der Waals surface area contributed by atoms with E-state index in [1.54, 1.807) is 12.2 Å². The predicted molar refractivity (Wildman–Crippen MR) is 230 cm³/mol. The molecule has 16 heteroatoms. The van der Waals surface area contributed by atoms with Crippen molar-refractivity contribution < 1.29 is 81.0 Å². The minimum Gasteiger partial charge on any atom is -0.549 e. The lowest BCUT2D eigenvalue weighted by Gasteiger charge is -2.67. The zero-order chi connectivity index (χ0) is 47.9. The molecule has 8 aliphatic carbocycles. The summed E-state index contributed by atoms with van der Waals surface area (Å²) in [6, 6.07) is 0. The van der Waals surface area contributed by atoms with E-state index in [9.17, 15) is 60.0 Å². The van der Waals surface area contributed by atoms with Gasteiger partial charge in [0, 0.05) is 59.5 Å². The third kappa shape index (κ3) is 7.10. The first-order valence-electron chi connectivity index (χ1n) is 25.1. The molecule has 8 fully saturated rings. The van der Waals surface area contributed by atoms with Crippen molar-refractivity contribution in [2.24, 2.45) is 57.2 Å². The van der Waals surface area contributed by atoms with E-state index >= 15 is 0 Å². The second-order valence-corrected chi connectivity index (χ2v) is 22.9. The van der Waals surface area contributed by atoms with Crippen LogP contribution in [0.25, 0.3) is 0 Å². The lowest BCUT2D eigenvalue weighted by Crippen LogP contribution is -2.72. The summed E-state index contributed by atoms with van der Waals surface area (Å²) in [6.07, 6.45) is 11.8. The molecule has 370 valence electrons. The number of carbonyl (C=O) groups excluding carboxylic acids is 4. The quantitative estimate of drug-likeness (QED) is 0.114. The molecule has 0 spiro atoms. The second-order valence-electron chi connectivity index (χ2n) is 22.9. The summed E-state index contributed by atoms with van der Waals surface area (Å²) in [5.74, 6) is -4.39. The molecule has 8 saturated carbocycles. The summed E-state index contributed by atoms with van der Waals surface area (Å²) < 4.78 is 10.3. The molecule has 0 bridgehead atoms. The maximum Gasteiger partial charge on any atom is 0.331 e. The molecule has 10 aliphatic rings. The lowest BCUT2D eigenvalue weighted by atomic mass is 9.41. The number of hydrogen-bond acceptors (Lipinski definition) is 14. The van der Waals surface area contributed by atoms with Gasteiger partial charge in [0.05, 0.1) is 59.6 Å². The van der Waals surface area contributed by atoms with Crippen LogP contribution >= 0.6 is 0 Å². The minimum absolute atomic E-state index is 0.0304. The van der Waals surface area contributed by atoms with Gasteiger partial charge in [-0.25, -0.2) is 9.59 Å². The zero-order valence-corrected chi connectivity index (χ0v) is 39.1. The summed E-state index contributed by atoms with van der Waals surface area (Å²) in [4.78, 5) is 48.4. The van der Waals surface area contributed by atoms with Crippen LogP contribution in [-0.4, -0.2) is 115 Å². The molecule has 10 rings (SSSR count). The third-order valence-corrected chi connectivity index (χ3v) is 20.6. The van der Waals surface area contributed by atoms with Crippen molar-refractivity contribution in [3.63, 3.8) is 0 Å². The summed E-state index contributed by atoms with van der Waals surface area (Å²) in [6.45, 7) is 6.81. The van der Waals surface area contributed by atoms with Crippen molar-refractivity contribution in [3.05, 3.63) is 23.3 Å². The topological polar surface area (TPSA) is 310 Å². The number of aliphatic hydroxyl groups is 6. The van der Waals surface area contributed by atoms with Crippen LogP contribution in [0.4, 0.5) is 0 Å². The number of rotatable bonds is 7. The Morgan fingerprint density at radius 2 is 0.939 bits per heavy atom. The Kier molecular flexibility index (Phi) is 13.1. The van der Waals surface area contributed by atoms with Crippen LogP contribution in [0.5, 0.6) is 0 Å². The van der Waals surface area contributed by atoms with E-state index in [-0.39, 0.29) is 99.2 Å². The zero-order valence-electron chi connectivity index (χ0n) is 39.1.